The molecule has 1 heterocycles. The number of hydrogen-bond acceptors (Lipinski definition) is 2. The highest BCUT2D eigenvalue weighted by Crippen LogP contribution is 1.95. The van der Waals surface area contributed by atoms with Crippen molar-refractivity contribution >= 4 is 5.82 Å². The van der Waals surface area contributed by atoms with Gasteiger partial charge in [0.1, 0.15) is 5.82 Å². The lowest BCUT2D eigenvalue weighted by Gasteiger charge is -1.92. The summed E-state index contributed by atoms with van der Waals surface area (Å²) in [5.74, 6) is 0.910. The highest BCUT2D eigenvalue weighted by molar-refractivity contribution is 5.31. The average molecular weight is 198 g/mol. The maximum atomic E-state index is 3.99. The van der Waals surface area contributed by atoms with Crippen molar-refractivity contribution in [3.8, 4) is 0 Å². The molecular weight excluding hydrogens is 172 g/mol. The number of nitrogens with one attached hydrogen (secondary N) is 1. The average Bonchev–Trinajstić information content (AvgIpc) is 2.37. The van der Waals surface area contributed by atoms with Gasteiger partial charge in [-0.2, -0.15) is 0 Å². The molecule has 1 rings (SSSR count). The van der Waals surface area contributed by atoms with Gasteiger partial charge in [0, 0.05) is 13.2 Å². The maximum Gasteiger partial charge on any atom is 0.125 e. The zero-order valence-corrected chi connectivity index (χ0v) is 10.8. The summed E-state index contributed by atoms with van der Waals surface area (Å²) in [5.41, 5.74) is 0. The van der Waals surface area contributed by atoms with Crippen LogP contribution in [0.15, 0.2) is 24.4 Å². The maximum absolute atomic E-state index is 3.99. The van der Waals surface area contributed by atoms with Crippen molar-refractivity contribution in [2.45, 2.75) is 41.5 Å². The molecule has 0 aromatic carbocycles. The number of anilines is 1. The van der Waals surface area contributed by atoms with Gasteiger partial charge in [0.15, 0.2) is 0 Å². The van der Waals surface area contributed by atoms with Gasteiger partial charge in [0.2, 0.25) is 0 Å². The minimum atomic E-state index is 0.910. The molecule has 0 saturated heterocycles. The molecule has 0 fully saturated rings. The van der Waals surface area contributed by atoms with Crippen molar-refractivity contribution < 1.29 is 0 Å². The Morgan fingerprint density at radius 1 is 0.929 bits per heavy atom. The monoisotopic (exact) mass is 198 g/mol. The van der Waals surface area contributed by atoms with E-state index in [1.165, 1.54) is 0 Å². The molecule has 0 saturated carbocycles. The summed E-state index contributed by atoms with van der Waals surface area (Å²) in [6.45, 7) is 12.0. The van der Waals surface area contributed by atoms with E-state index < -0.39 is 0 Å². The van der Waals surface area contributed by atoms with Gasteiger partial charge in [-0.25, -0.2) is 4.98 Å². The molecule has 1 aromatic heterocycles. The van der Waals surface area contributed by atoms with Crippen LogP contribution >= 0.6 is 0 Å². The van der Waals surface area contributed by atoms with Crippen molar-refractivity contribution in [2.24, 2.45) is 0 Å². The van der Waals surface area contributed by atoms with Crippen LogP contribution in [0.2, 0.25) is 0 Å². The largest absolute Gasteiger partial charge is 0.373 e. The van der Waals surface area contributed by atoms with Crippen molar-refractivity contribution in [2.75, 3.05) is 12.4 Å². The first-order valence-corrected chi connectivity index (χ1v) is 5.52. The summed E-state index contributed by atoms with van der Waals surface area (Å²) in [4.78, 5) is 3.99. The fourth-order valence-corrected chi connectivity index (χ4v) is 0.511. The predicted octanol–water partition coefficient (Wildman–Crippen LogP) is 4.20. The fraction of sp³-hybridized carbons (Fsp3) is 0.583. The van der Waals surface area contributed by atoms with Gasteiger partial charge in [-0.15, -0.1) is 0 Å². The first kappa shape index (κ1) is 18.7. The van der Waals surface area contributed by atoms with E-state index in [1.807, 2.05) is 66.8 Å². The number of hydrogen-bond donors (Lipinski definition) is 1. The SMILES string of the molecule is CC.CC.CC.CNc1ccccn1. The molecule has 2 nitrogen and oxygen atoms in total. The third kappa shape index (κ3) is 13.5. The third-order valence-electron chi connectivity index (χ3n) is 0.921. The Labute approximate surface area is 89.8 Å². The van der Waals surface area contributed by atoms with Crippen LogP contribution in [0.3, 0.4) is 0 Å². The molecule has 0 atom stereocenters. The van der Waals surface area contributed by atoms with E-state index in [9.17, 15) is 0 Å². The highest BCUT2D eigenvalue weighted by atomic mass is 14.9. The molecule has 0 aliphatic heterocycles. The second-order valence-corrected chi connectivity index (χ2v) is 1.46. The van der Waals surface area contributed by atoms with Crippen molar-refractivity contribution in [3.63, 3.8) is 0 Å². The number of pyridine rings is 1. The number of nitrogens with zero attached hydrogens (tertiary/aromatic N) is 1. The molecular formula is C12H26N2. The molecule has 0 amide bonds. The van der Waals surface area contributed by atoms with Gasteiger partial charge in [-0.05, 0) is 12.1 Å². The topological polar surface area (TPSA) is 24.9 Å². The van der Waals surface area contributed by atoms with Crippen LogP contribution < -0.4 is 5.32 Å². The molecule has 0 aliphatic carbocycles. The standard InChI is InChI=1S/C6H8N2.3C2H6/c1-7-6-4-2-3-5-8-6;3*1-2/h2-5H,1H3,(H,7,8);3*1-2H3. The second kappa shape index (κ2) is 22.7. The van der Waals surface area contributed by atoms with Crippen LogP contribution in [0.25, 0.3) is 0 Å². The van der Waals surface area contributed by atoms with Crippen LogP contribution in [0, 0.1) is 0 Å². The van der Waals surface area contributed by atoms with Crippen molar-refractivity contribution in [1.82, 2.24) is 4.98 Å². The molecule has 0 bridgehead atoms. The first-order chi connectivity index (χ1) is 6.93. The van der Waals surface area contributed by atoms with Crippen molar-refractivity contribution in [1.29, 1.82) is 0 Å². The summed E-state index contributed by atoms with van der Waals surface area (Å²) < 4.78 is 0. The lowest BCUT2D eigenvalue weighted by Crippen LogP contribution is -1.88. The van der Waals surface area contributed by atoms with E-state index >= 15 is 0 Å². The summed E-state index contributed by atoms with van der Waals surface area (Å²) in [6, 6.07) is 5.75. The van der Waals surface area contributed by atoms with E-state index in [0.29, 0.717) is 0 Å². The summed E-state index contributed by atoms with van der Waals surface area (Å²) in [6.07, 6.45) is 1.76. The quantitative estimate of drug-likeness (QED) is 0.731. The predicted molar refractivity (Wildman–Crippen MR) is 67.8 cm³/mol. The van der Waals surface area contributed by atoms with Crippen LogP contribution in [0.1, 0.15) is 41.5 Å². The zero-order chi connectivity index (χ0) is 11.8. The van der Waals surface area contributed by atoms with Gasteiger partial charge in [-0.1, -0.05) is 47.6 Å². The van der Waals surface area contributed by atoms with Crippen LogP contribution in [-0.4, -0.2) is 12.0 Å². The zero-order valence-electron chi connectivity index (χ0n) is 10.8. The molecule has 1 N–H and O–H groups in total. The second-order valence-electron chi connectivity index (χ2n) is 1.46. The van der Waals surface area contributed by atoms with Gasteiger partial charge in [0.25, 0.3) is 0 Å². The highest BCUT2D eigenvalue weighted by Gasteiger charge is 1.79. The minimum absolute atomic E-state index is 0.910. The van der Waals surface area contributed by atoms with E-state index in [-0.39, 0.29) is 0 Å². The summed E-state index contributed by atoms with van der Waals surface area (Å²) in [5, 5.41) is 2.92. The van der Waals surface area contributed by atoms with Gasteiger partial charge in [0.05, 0.1) is 0 Å². The Morgan fingerprint density at radius 3 is 1.64 bits per heavy atom. The fourth-order valence-electron chi connectivity index (χ4n) is 0.511. The summed E-state index contributed by atoms with van der Waals surface area (Å²) >= 11 is 0. The minimum Gasteiger partial charge on any atom is -0.373 e. The lowest BCUT2D eigenvalue weighted by atomic mass is 10.5. The molecule has 84 valence electrons. The van der Waals surface area contributed by atoms with E-state index in [4.69, 9.17) is 0 Å². The van der Waals surface area contributed by atoms with Crippen molar-refractivity contribution in [3.05, 3.63) is 24.4 Å². The first-order valence-electron chi connectivity index (χ1n) is 5.52. The lowest BCUT2D eigenvalue weighted by molar-refractivity contribution is 1.29. The molecule has 0 spiro atoms. The molecule has 0 aliphatic rings. The molecule has 0 radical (unpaired) electrons. The van der Waals surface area contributed by atoms with Crippen LogP contribution in [-0.2, 0) is 0 Å². The number of aromatic nitrogens is 1. The van der Waals surface area contributed by atoms with E-state index in [0.717, 1.165) is 5.82 Å². The Hall–Kier alpha value is -1.05. The normalized spacial score (nSPS) is 6.21. The third-order valence-corrected chi connectivity index (χ3v) is 0.921. The van der Waals surface area contributed by atoms with E-state index in [2.05, 4.69) is 10.3 Å². The Bertz CT molecular complexity index is 150. The van der Waals surface area contributed by atoms with Gasteiger partial charge < -0.3 is 5.32 Å². The molecule has 1 aromatic rings. The van der Waals surface area contributed by atoms with E-state index in [1.54, 1.807) is 6.20 Å². The Morgan fingerprint density at radius 2 is 1.43 bits per heavy atom. The summed E-state index contributed by atoms with van der Waals surface area (Å²) in [7, 11) is 1.85. The Kier molecular flexibility index (Phi) is 30.2. The molecule has 14 heavy (non-hydrogen) atoms. The van der Waals surface area contributed by atoms with Gasteiger partial charge in [-0.3, -0.25) is 0 Å². The molecule has 2 heteroatoms. The molecule has 0 unspecified atom stereocenters. The van der Waals surface area contributed by atoms with Gasteiger partial charge >= 0.3 is 0 Å². The number of rotatable bonds is 1. The van der Waals surface area contributed by atoms with Crippen LogP contribution in [0.5, 0.6) is 0 Å². The smallest absolute Gasteiger partial charge is 0.125 e. The van der Waals surface area contributed by atoms with Crippen LogP contribution in [0.4, 0.5) is 5.82 Å². The Balaban J connectivity index is -0.000000174.